The van der Waals surface area contributed by atoms with Crippen molar-refractivity contribution in [2.24, 2.45) is 5.73 Å². The van der Waals surface area contributed by atoms with Crippen LogP contribution in [0.2, 0.25) is 0 Å². The summed E-state index contributed by atoms with van der Waals surface area (Å²) in [7, 11) is 1.17. The number of carbonyl (C=O) groups excluding carboxylic acids is 3. The van der Waals surface area contributed by atoms with Gasteiger partial charge in [-0.05, 0) is 67.6 Å². The predicted molar refractivity (Wildman–Crippen MR) is 127 cm³/mol. The van der Waals surface area contributed by atoms with E-state index in [1.165, 1.54) is 36.3 Å². The zero-order chi connectivity index (χ0) is 30.9. The van der Waals surface area contributed by atoms with E-state index >= 15 is 0 Å². The third-order valence-electron chi connectivity index (χ3n) is 5.54. The van der Waals surface area contributed by atoms with Crippen LogP contribution >= 0.6 is 0 Å². The quantitative estimate of drug-likeness (QED) is 0.620. The maximum absolute atomic E-state index is 14.0. The van der Waals surface area contributed by atoms with Crippen LogP contribution in [0, 0.1) is 0 Å². The molecule has 9 nitrogen and oxygen atoms in total. The minimum absolute atomic E-state index is 0.110. The van der Waals surface area contributed by atoms with Crippen molar-refractivity contribution in [2.75, 3.05) is 30.0 Å². The Morgan fingerprint density at radius 3 is 2.32 bits per heavy atom. The highest BCUT2D eigenvalue weighted by Crippen LogP contribution is 2.31. The first-order chi connectivity index (χ1) is 19.6. The average molecular weight is 468 g/mol. The molecule has 3 heterocycles. The summed E-state index contributed by atoms with van der Waals surface area (Å²) in [4.78, 5) is 41.3. The van der Waals surface area contributed by atoms with E-state index in [9.17, 15) is 14.4 Å². The second-order valence-corrected chi connectivity index (χ2v) is 7.55. The van der Waals surface area contributed by atoms with E-state index in [2.05, 4.69) is 5.10 Å². The highest BCUT2D eigenvalue weighted by molar-refractivity contribution is 6.09. The molecule has 0 atom stereocenters. The Bertz CT molecular complexity index is 1630. The molecule has 1 fully saturated rings. The van der Waals surface area contributed by atoms with Gasteiger partial charge in [0.05, 0.1) is 18.3 Å². The van der Waals surface area contributed by atoms with Gasteiger partial charge in [0.25, 0.3) is 11.8 Å². The fourth-order valence-electron chi connectivity index (χ4n) is 3.87. The van der Waals surface area contributed by atoms with E-state index in [1.54, 1.807) is 0 Å². The predicted octanol–water partition coefficient (Wildman–Crippen LogP) is 2.70. The van der Waals surface area contributed by atoms with Gasteiger partial charge in [0, 0.05) is 41.9 Å². The first-order valence-electron chi connectivity index (χ1n) is 14.4. The largest absolute Gasteiger partial charge is 0.497 e. The molecular weight excluding hydrogens is 434 g/mol. The van der Waals surface area contributed by atoms with Crippen LogP contribution in [0.25, 0.3) is 5.69 Å². The summed E-state index contributed by atoms with van der Waals surface area (Å²) in [5.74, 6) is -3.05. The molecule has 0 bridgehead atoms. The van der Waals surface area contributed by atoms with Gasteiger partial charge in [-0.2, -0.15) is 5.10 Å². The minimum Gasteiger partial charge on any atom is -0.497 e. The first-order valence-corrected chi connectivity index (χ1v) is 10.4. The number of anilines is 2. The summed E-state index contributed by atoms with van der Waals surface area (Å²) in [5.41, 5.74) is 4.03. The van der Waals surface area contributed by atoms with Gasteiger partial charge in [0.15, 0.2) is 5.69 Å². The maximum atomic E-state index is 14.0. The molecule has 174 valence electrons. The molecule has 2 aromatic carbocycles. The van der Waals surface area contributed by atoms with Crippen molar-refractivity contribution in [3.05, 3.63) is 65.4 Å². The third kappa shape index (κ3) is 3.68. The molecule has 0 aliphatic carbocycles. The SMILES string of the molecule is [2H]c1c([2H])c(-n2nc(C(N)=O)c3c2C(=O)N(c2ccc(N4CCCC([2H])([2H])C4=O)cc2)CC3([2H])[2H])c([2H])c([2H])c1OC. The average Bonchev–Trinajstić information content (AvgIpc) is 3.34. The lowest BCUT2D eigenvalue weighted by molar-refractivity contribution is -0.119. The Kier molecular flexibility index (Phi) is 3.62. The molecule has 3 aromatic rings. The van der Waals surface area contributed by atoms with E-state index in [0.29, 0.717) is 23.3 Å². The number of nitrogens with two attached hydrogens (primary N) is 1. The molecule has 0 radical (unpaired) electrons. The number of rotatable bonds is 5. The summed E-state index contributed by atoms with van der Waals surface area (Å²) in [5, 5.41) is 4.02. The highest BCUT2D eigenvalue weighted by Gasteiger charge is 2.34. The van der Waals surface area contributed by atoms with Gasteiger partial charge >= 0.3 is 0 Å². The normalized spacial score (nSPS) is 22.3. The van der Waals surface area contributed by atoms with E-state index in [4.69, 9.17) is 21.4 Å². The number of primary amides is 1. The number of hydrogen-bond acceptors (Lipinski definition) is 5. The number of hydrogen-bond donors (Lipinski definition) is 1. The fraction of sp³-hybridized carbons (Fsp3) is 0.280. The zero-order valence-electron chi connectivity index (χ0n) is 26.1. The Morgan fingerprint density at radius 1 is 1.00 bits per heavy atom. The summed E-state index contributed by atoms with van der Waals surface area (Å²) < 4.78 is 72.5. The smallest absolute Gasteiger partial charge is 0.277 e. The van der Waals surface area contributed by atoms with Gasteiger partial charge < -0.3 is 20.3 Å². The molecule has 1 aromatic heterocycles. The van der Waals surface area contributed by atoms with Crippen LogP contribution in [0.5, 0.6) is 5.75 Å². The third-order valence-corrected chi connectivity index (χ3v) is 5.54. The van der Waals surface area contributed by atoms with Gasteiger partial charge in [-0.25, -0.2) is 4.68 Å². The number of fused-ring (bicyclic) bond motifs is 1. The monoisotopic (exact) mass is 467 g/mol. The highest BCUT2D eigenvalue weighted by atomic mass is 16.5. The van der Waals surface area contributed by atoms with Crippen LogP contribution in [0.1, 0.15) is 56.7 Å². The lowest BCUT2D eigenvalue weighted by Gasteiger charge is -2.29. The summed E-state index contributed by atoms with van der Waals surface area (Å²) in [6, 6.07) is 3.50. The number of nitrogens with zero attached hydrogens (tertiary/aromatic N) is 4. The van der Waals surface area contributed by atoms with Crippen LogP contribution in [-0.4, -0.2) is 47.7 Å². The summed E-state index contributed by atoms with van der Waals surface area (Å²) in [6.07, 6.45) is -3.83. The number of methoxy groups -OCH3 is 1. The molecular formula is C25H25N5O4. The second-order valence-electron chi connectivity index (χ2n) is 7.55. The summed E-state index contributed by atoms with van der Waals surface area (Å²) in [6.45, 7) is -0.253. The minimum atomic E-state index is -2.39. The van der Waals surface area contributed by atoms with Gasteiger partial charge in [-0.1, -0.05) is 0 Å². The Balaban J connectivity index is 1.64. The molecule has 34 heavy (non-hydrogen) atoms. The number of piperidine rings is 1. The molecule has 0 saturated carbocycles. The molecule has 3 amide bonds. The molecule has 2 aliphatic heterocycles. The lowest BCUT2D eigenvalue weighted by atomic mass is 10.0. The number of benzene rings is 2. The van der Waals surface area contributed by atoms with Crippen molar-refractivity contribution in [3.63, 3.8) is 0 Å². The van der Waals surface area contributed by atoms with E-state index < -0.39 is 83.8 Å². The van der Waals surface area contributed by atoms with Crippen molar-refractivity contribution in [2.45, 2.75) is 25.6 Å². The zero-order valence-corrected chi connectivity index (χ0v) is 18.1. The Morgan fingerprint density at radius 2 is 1.68 bits per heavy atom. The standard InChI is InChI=1S/C25H25N5O4/c1-34-19-11-9-18(10-12-19)30-23-20(22(27-30)24(26)32)13-15-29(25(23)33)17-7-5-16(6-8-17)28-14-3-2-4-21(28)31/h5-12H,2-4,13-15H2,1H3,(H2,26,32)/i4D2,9D,10D,11D,12D,13D2. The van der Waals surface area contributed by atoms with Gasteiger partial charge in [-0.3, -0.25) is 14.4 Å². The van der Waals surface area contributed by atoms with Crippen molar-refractivity contribution >= 4 is 29.1 Å². The molecule has 0 unspecified atom stereocenters. The molecule has 2 aliphatic rings. The summed E-state index contributed by atoms with van der Waals surface area (Å²) >= 11 is 0. The van der Waals surface area contributed by atoms with Gasteiger partial charge in [0.2, 0.25) is 5.91 Å². The number of amides is 3. The first kappa shape index (κ1) is 14.2. The molecule has 5 rings (SSSR count). The van der Waals surface area contributed by atoms with Crippen molar-refractivity contribution < 1.29 is 30.1 Å². The van der Waals surface area contributed by atoms with Crippen LogP contribution in [0.3, 0.4) is 0 Å². The van der Waals surface area contributed by atoms with Crippen molar-refractivity contribution in [1.82, 2.24) is 9.78 Å². The van der Waals surface area contributed by atoms with Gasteiger partial charge in [-0.15, -0.1) is 0 Å². The fourth-order valence-corrected chi connectivity index (χ4v) is 3.87. The van der Waals surface area contributed by atoms with E-state index in [-0.39, 0.29) is 17.9 Å². The molecule has 9 heteroatoms. The number of aromatic nitrogens is 2. The number of carbonyl (C=O) groups is 3. The van der Waals surface area contributed by atoms with Crippen LogP contribution < -0.4 is 20.3 Å². The van der Waals surface area contributed by atoms with Crippen molar-refractivity contribution in [1.29, 1.82) is 0 Å². The second kappa shape index (κ2) is 8.66. The maximum Gasteiger partial charge on any atom is 0.277 e. The molecule has 1 saturated heterocycles. The van der Waals surface area contributed by atoms with Crippen LogP contribution in [-0.2, 0) is 11.2 Å². The Hall–Kier alpha value is -4.14. The van der Waals surface area contributed by atoms with E-state index in [1.807, 2.05) is 0 Å². The van der Waals surface area contributed by atoms with Crippen LogP contribution in [0.4, 0.5) is 11.4 Å². The van der Waals surface area contributed by atoms with Crippen LogP contribution in [0.15, 0.2) is 48.4 Å². The molecule has 2 N–H and O–H groups in total. The lowest BCUT2D eigenvalue weighted by Crippen LogP contribution is -2.39. The molecule has 0 spiro atoms. The Labute approximate surface area is 207 Å². The van der Waals surface area contributed by atoms with Gasteiger partial charge in [0.1, 0.15) is 11.4 Å². The number of ether oxygens (including phenoxy) is 1. The van der Waals surface area contributed by atoms with Crippen molar-refractivity contribution in [3.8, 4) is 11.4 Å². The topological polar surface area (TPSA) is 111 Å². The van der Waals surface area contributed by atoms with E-state index in [0.717, 1.165) is 4.90 Å².